The molecule has 2 amide bonds. The van der Waals surface area contributed by atoms with Gasteiger partial charge in [0.05, 0.1) is 33.0 Å². The van der Waals surface area contributed by atoms with Crippen LogP contribution in [0.1, 0.15) is 51.0 Å². The minimum atomic E-state index is -0.588. The van der Waals surface area contributed by atoms with Crippen LogP contribution in [-0.4, -0.2) is 70.1 Å². The highest BCUT2D eigenvalue weighted by molar-refractivity contribution is 5.81. The van der Waals surface area contributed by atoms with Crippen molar-refractivity contribution in [2.45, 2.75) is 52.8 Å². The van der Waals surface area contributed by atoms with Crippen LogP contribution in [0.5, 0.6) is 0 Å². The highest BCUT2D eigenvalue weighted by Gasteiger charge is 2.28. The number of aliphatic hydroxyl groups is 1. The number of carbonyl (C=O) groups excluding carboxylic acids is 2. The number of nitrogens with one attached hydrogen (secondary N) is 2. The summed E-state index contributed by atoms with van der Waals surface area (Å²) in [6.45, 7) is 7.45. The lowest BCUT2D eigenvalue weighted by Gasteiger charge is -2.24. The zero-order valence-electron chi connectivity index (χ0n) is 20.2. The Morgan fingerprint density at radius 3 is 2.62 bits per heavy atom. The topological polar surface area (TPSA) is 140 Å². The Morgan fingerprint density at radius 2 is 1.91 bits per heavy atom. The van der Waals surface area contributed by atoms with E-state index in [1.165, 1.54) is 0 Å². The van der Waals surface area contributed by atoms with Gasteiger partial charge in [0.25, 0.3) is 0 Å². The van der Waals surface area contributed by atoms with Crippen LogP contribution in [0.3, 0.4) is 0 Å². The standard InChI is InChI=1S/C23H36N6O5/c1-23(2,3)22(32)25-19(17-34-16-18-8-5-4-6-9-18)21-26-27-28-29(21)12-7-10-20(31)24-11-14-33-15-13-30/h4-6,8-9,19,30H,7,10-17H2,1-3H3,(H,24,31)(H,25,32). The first kappa shape index (κ1) is 27.4. The molecular formula is C23H36N6O5. The summed E-state index contributed by atoms with van der Waals surface area (Å²) < 4.78 is 12.6. The zero-order valence-corrected chi connectivity index (χ0v) is 20.2. The van der Waals surface area contributed by atoms with Gasteiger partial charge in [-0.1, -0.05) is 51.1 Å². The molecule has 11 nitrogen and oxygen atoms in total. The molecule has 1 unspecified atom stereocenters. The number of hydrogen-bond acceptors (Lipinski definition) is 8. The monoisotopic (exact) mass is 476 g/mol. The van der Waals surface area contributed by atoms with Crippen molar-refractivity contribution in [2.75, 3.05) is 33.0 Å². The number of aryl methyl sites for hydroxylation is 1. The third kappa shape index (κ3) is 9.94. The van der Waals surface area contributed by atoms with Crippen molar-refractivity contribution in [3.8, 4) is 0 Å². The molecule has 1 aromatic heterocycles. The molecule has 0 radical (unpaired) electrons. The predicted octanol–water partition coefficient (Wildman–Crippen LogP) is 0.999. The summed E-state index contributed by atoms with van der Waals surface area (Å²) >= 11 is 0. The van der Waals surface area contributed by atoms with Gasteiger partial charge in [-0.15, -0.1) is 5.10 Å². The average molecular weight is 477 g/mol. The molecule has 0 aliphatic rings. The molecule has 2 rings (SSSR count). The van der Waals surface area contributed by atoms with Crippen molar-refractivity contribution >= 4 is 11.8 Å². The van der Waals surface area contributed by atoms with Crippen LogP contribution >= 0.6 is 0 Å². The molecular weight excluding hydrogens is 440 g/mol. The molecule has 0 fully saturated rings. The van der Waals surface area contributed by atoms with Crippen molar-refractivity contribution in [2.24, 2.45) is 5.41 Å². The van der Waals surface area contributed by atoms with E-state index in [2.05, 4.69) is 26.2 Å². The lowest BCUT2D eigenvalue weighted by atomic mass is 9.95. The van der Waals surface area contributed by atoms with Gasteiger partial charge in [-0.05, 0) is 22.4 Å². The summed E-state index contributed by atoms with van der Waals surface area (Å²) in [6.07, 6.45) is 0.814. The third-order valence-electron chi connectivity index (χ3n) is 4.83. The van der Waals surface area contributed by atoms with E-state index in [-0.39, 0.29) is 31.6 Å². The number of benzene rings is 1. The fourth-order valence-electron chi connectivity index (χ4n) is 2.95. The molecule has 34 heavy (non-hydrogen) atoms. The quantitative estimate of drug-likeness (QED) is 0.323. The fourth-order valence-corrected chi connectivity index (χ4v) is 2.95. The van der Waals surface area contributed by atoms with E-state index in [1.807, 2.05) is 51.1 Å². The van der Waals surface area contributed by atoms with E-state index in [4.69, 9.17) is 14.6 Å². The van der Waals surface area contributed by atoms with Crippen LogP contribution in [-0.2, 0) is 32.2 Å². The lowest BCUT2D eigenvalue weighted by Crippen LogP contribution is -2.40. The molecule has 188 valence electrons. The summed E-state index contributed by atoms with van der Waals surface area (Å²) in [5.41, 5.74) is 0.436. The second-order valence-electron chi connectivity index (χ2n) is 8.83. The zero-order chi connectivity index (χ0) is 24.8. The molecule has 0 saturated carbocycles. The molecule has 0 saturated heterocycles. The second kappa shape index (κ2) is 14.4. The van der Waals surface area contributed by atoms with E-state index >= 15 is 0 Å². The molecule has 0 aliphatic heterocycles. The van der Waals surface area contributed by atoms with Gasteiger partial charge >= 0.3 is 0 Å². The van der Waals surface area contributed by atoms with Gasteiger partial charge in [0.1, 0.15) is 6.04 Å². The molecule has 0 aliphatic carbocycles. The number of hydrogen-bond donors (Lipinski definition) is 3. The van der Waals surface area contributed by atoms with Crippen LogP contribution in [0.25, 0.3) is 0 Å². The molecule has 0 bridgehead atoms. The average Bonchev–Trinajstić information content (AvgIpc) is 3.26. The highest BCUT2D eigenvalue weighted by Crippen LogP contribution is 2.18. The van der Waals surface area contributed by atoms with Gasteiger partial charge in [-0.3, -0.25) is 9.59 Å². The van der Waals surface area contributed by atoms with Crippen LogP contribution < -0.4 is 10.6 Å². The number of rotatable bonds is 15. The fraction of sp³-hybridized carbons (Fsp3) is 0.609. The van der Waals surface area contributed by atoms with Crippen molar-refractivity contribution < 1.29 is 24.2 Å². The largest absolute Gasteiger partial charge is 0.394 e. The van der Waals surface area contributed by atoms with Crippen molar-refractivity contribution in [1.29, 1.82) is 0 Å². The number of ether oxygens (including phenoxy) is 2. The normalized spacial score (nSPS) is 12.4. The van der Waals surface area contributed by atoms with E-state index in [1.54, 1.807) is 4.68 Å². The van der Waals surface area contributed by atoms with Crippen LogP contribution in [0.4, 0.5) is 0 Å². The molecule has 1 aromatic carbocycles. The Hall–Kier alpha value is -2.89. The summed E-state index contributed by atoms with van der Waals surface area (Å²) in [7, 11) is 0. The number of aliphatic hydroxyl groups excluding tert-OH is 1. The van der Waals surface area contributed by atoms with Crippen LogP contribution in [0.15, 0.2) is 30.3 Å². The lowest BCUT2D eigenvalue weighted by molar-refractivity contribution is -0.130. The Morgan fingerprint density at radius 1 is 1.15 bits per heavy atom. The minimum absolute atomic E-state index is 0.0449. The van der Waals surface area contributed by atoms with E-state index in [0.29, 0.717) is 45.0 Å². The summed E-state index contributed by atoms with van der Waals surface area (Å²) in [5, 5.41) is 26.4. The maximum Gasteiger partial charge on any atom is 0.226 e. The first-order chi connectivity index (χ1) is 16.3. The number of tetrazole rings is 1. The third-order valence-corrected chi connectivity index (χ3v) is 4.83. The highest BCUT2D eigenvalue weighted by atomic mass is 16.5. The van der Waals surface area contributed by atoms with Crippen molar-refractivity contribution in [3.05, 3.63) is 41.7 Å². The first-order valence-corrected chi connectivity index (χ1v) is 11.4. The summed E-state index contributed by atoms with van der Waals surface area (Å²) in [4.78, 5) is 24.7. The number of carbonyl (C=O) groups is 2. The van der Waals surface area contributed by atoms with Gasteiger partial charge < -0.3 is 25.2 Å². The Kier molecular flexibility index (Phi) is 11.6. The van der Waals surface area contributed by atoms with E-state index in [0.717, 1.165) is 5.56 Å². The van der Waals surface area contributed by atoms with Gasteiger partial charge in [0.2, 0.25) is 11.8 Å². The van der Waals surface area contributed by atoms with Crippen LogP contribution in [0, 0.1) is 5.41 Å². The summed E-state index contributed by atoms with van der Waals surface area (Å²) in [6, 6.07) is 9.22. The number of aromatic nitrogens is 4. The molecule has 3 N–H and O–H groups in total. The SMILES string of the molecule is CC(C)(C)C(=O)NC(COCc1ccccc1)c1nnnn1CCCC(=O)NCCOCCO. The van der Waals surface area contributed by atoms with E-state index in [9.17, 15) is 9.59 Å². The maximum absolute atomic E-state index is 12.7. The molecule has 11 heteroatoms. The Balaban J connectivity index is 1.92. The predicted molar refractivity (Wildman–Crippen MR) is 124 cm³/mol. The van der Waals surface area contributed by atoms with Gasteiger partial charge in [0, 0.05) is 24.9 Å². The van der Waals surface area contributed by atoms with Gasteiger partial charge in [0.15, 0.2) is 5.82 Å². The smallest absolute Gasteiger partial charge is 0.226 e. The van der Waals surface area contributed by atoms with Gasteiger partial charge in [-0.25, -0.2) is 4.68 Å². The maximum atomic E-state index is 12.7. The molecule has 1 heterocycles. The molecule has 0 spiro atoms. The molecule has 2 aromatic rings. The second-order valence-corrected chi connectivity index (χ2v) is 8.83. The first-order valence-electron chi connectivity index (χ1n) is 11.4. The van der Waals surface area contributed by atoms with Gasteiger partial charge in [-0.2, -0.15) is 0 Å². The van der Waals surface area contributed by atoms with Crippen molar-refractivity contribution in [1.82, 2.24) is 30.8 Å². The number of amides is 2. The van der Waals surface area contributed by atoms with Crippen molar-refractivity contribution in [3.63, 3.8) is 0 Å². The van der Waals surface area contributed by atoms with E-state index < -0.39 is 11.5 Å². The minimum Gasteiger partial charge on any atom is -0.394 e. The Bertz CT molecular complexity index is 868. The number of nitrogens with zero attached hydrogens (tertiary/aromatic N) is 4. The van der Waals surface area contributed by atoms with Crippen LogP contribution in [0.2, 0.25) is 0 Å². The Labute approximate surface area is 200 Å². The summed E-state index contributed by atoms with van der Waals surface area (Å²) in [5.74, 6) is 0.229. The molecule has 1 atom stereocenters.